The van der Waals surface area contributed by atoms with Gasteiger partial charge in [-0.15, -0.1) is 0 Å². The van der Waals surface area contributed by atoms with Crippen LogP contribution in [-0.4, -0.2) is 30.8 Å². The van der Waals surface area contributed by atoms with Crippen molar-refractivity contribution in [3.8, 4) is 5.75 Å². The molecule has 5 nitrogen and oxygen atoms in total. The Hall–Kier alpha value is -1.66. The zero-order valence-corrected chi connectivity index (χ0v) is 10.3. The first-order chi connectivity index (χ1) is 8.49. The Kier molecular flexibility index (Phi) is 5.06. The van der Waals surface area contributed by atoms with Crippen molar-refractivity contribution in [1.29, 1.82) is 0 Å². The van der Waals surface area contributed by atoms with Gasteiger partial charge in [0.1, 0.15) is 6.04 Å². The molecule has 1 rings (SSSR count). The minimum absolute atomic E-state index is 0.111. The van der Waals surface area contributed by atoms with Crippen molar-refractivity contribution < 1.29 is 19.0 Å². The molecule has 0 aliphatic carbocycles. The summed E-state index contributed by atoms with van der Waals surface area (Å²) in [7, 11) is 1.37. The second-order valence-corrected chi connectivity index (χ2v) is 3.91. The van der Waals surface area contributed by atoms with Gasteiger partial charge < -0.3 is 20.9 Å². The van der Waals surface area contributed by atoms with Gasteiger partial charge in [0, 0.05) is 0 Å². The molecule has 0 saturated carbocycles. The molecule has 0 heterocycles. The van der Waals surface area contributed by atoms with Gasteiger partial charge in [0.15, 0.2) is 11.6 Å². The summed E-state index contributed by atoms with van der Waals surface area (Å²) in [5.74, 6) is -0.819. The molecule has 6 heteroatoms. The Labute approximate surface area is 105 Å². The average Bonchev–Trinajstić information content (AvgIpc) is 2.37. The van der Waals surface area contributed by atoms with E-state index < -0.39 is 24.4 Å². The molecule has 0 aromatic heterocycles. The minimum Gasteiger partial charge on any atom is -0.494 e. The van der Waals surface area contributed by atoms with Crippen LogP contribution in [0, 0.1) is 5.82 Å². The molecule has 1 aromatic carbocycles. The van der Waals surface area contributed by atoms with Crippen LogP contribution in [-0.2, 0) is 4.79 Å². The lowest BCUT2D eigenvalue weighted by molar-refractivity contribution is -0.123. The van der Waals surface area contributed by atoms with Gasteiger partial charge in [-0.1, -0.05) is 6.07 Å². The summed E-state index contributed by atoms with van der Waals surface area (Å²) in [6.07, 6.45) is 0. The number of nitrogens with one attached hydrogen (secondary N) is 1. The van der Waals surface area contributed by atoms with Crippen LogP contribution >= 0.6 is 0 Å². The Balaban J connectivity index is 2.78. The standard InChI is InChI=1S/C12H17FN2O3/c1-7(15-12(17)10(14)6-16)8-3-4-9(13)11(5-8)18-2/h3-5,7,10,16H,6,14H2,1-2H3,(H,15,17)/t7-,10-/m1/s1. The molecule has 18 heavy (non-hydrogen) atoms. The third kappa shape index (κ3) is 3.41. The third-order valence-electron chi connectivity index (χ3n) is 2.57. The first-order valence-corrected chi connectivity index (χ1v) is 5.49. The summed E-state index contributed by atoms with van der Waals surface area (Å²) in [6.45, 7) is 1.31. The summed E-state index contributed by atoms with van der Waals surface area (Å²) in [5.41, 5.74) is 6.06. The Bertz CT molecular complexity index is 426. The van der Waals surface area contributed by atoms with Gasteiger partial charge in [0.2, 0.25) is 5.91 Å². The largest absolute Gasteiger partial charge is 0.494 e. The fraction of sp³-hybridized carbons (Fsp3) is 0.417. The number of halogens is 1. The number of carbonyl (C=O) groups excluding carboxylic acids is 1. The Morgan fingerprint density at radius 2 is 2.28 bits per heavy atom. The lowest BCUT2D eigenvalue weighted by Crippen LogP contribution is -2.43. The van der Waals surface area contributed by atoms with Crippen LogP contribution in [0.4, 0.5) is 4.39 Å². The predicted octanol–water partition coefficient (Wildman–Crippen LogP) is 0.331. The fourth-order valence-electron chi connectivity index (χ4n) is 1.43. The van der Waals surface area contributed by atoms with Gasteiger partial charge in [0.25, 0.3) is 0 Å². The number of ether oxygens (including phenoxy) is 1. The zero-order valence-electron chi connectivity index (χ0n) is 10.3. The average molecular weight is 256 g/mol. The van der Waals surface area contributed by atoms with Crippen molar-refractivity contribution in [2.45, 2.75) is 19.0 Å². The number of benzene rings is 1. The summed E-state index contributed by atoms with van der Waals surface area (Å²) in [6, 6.07) is 3.00. The van der Waals surface area contributed by atoms with E-state index in [9.17, 15) is 9.18 Å². The SMILES string of the molecule is COc1cc([C@@H](C)NC(=O)[C@H](N)CO)ccc1F. The normalized spacial score (nSPS) is 13.8. The molecule has 0 unspecified atom stereocenters. The van der Waals surface area contributed by atoms with Gasteiger partial charge in [-0.25, -0.2) is 4.39 Å². The van der Waals surface area contributed by atoms with Crippen LogP contribution in [0.5, 0.6) is 5.75 Å². The summed E-state index contributed by atoms with van der Waals surface area (Å²) >= 11 is 0. The molecule has 2 atom stereocenters. The highest BCUT2D eigenvalue weighted by molar-refractivity contribution is 5.82. The van der Waals surface area contributed by atoms with Gasteiger partial charge >= 0.3 is 0 Å². The number of aliphatic hydroxyl groups is 1. The van der Waals surface area contributed by atoms with Crippen LogP contribution in [0.3, 0.4) is 0 Å². The van der Waals surface area contributed by atoms with Gasteiger partial charge in [0.05, 0.1) is 19.8 Å². The maximum absolute atomic E-state index is 13.2. The number of hydrogen-bond acceptors (Lipinski definition) is 4. The Morgan fingerprint density at radius 1 is 1.61 bits per heavy atom. The third-order valence-corrected chi connectivity index (χ3v) is 2.57. The molecule has 0 fully saturated rings. The maximum atomic E-state index is 13.2. The molecule has 0 radical (unpaired) electrons. The molecule has 1 aromatic rings. The highest BCUT2D eigenvalue weighted by atomic mass is 19.1. The van der Waals surface area contributed by atoms with Crippen LogP contribution in [0.15, 0.2) is 18.2 Å². The van der Waals surface area contributed by atoms with E-state index in [0.29, 0.717) is 5.56 Å². The summed E-state index contributed by atoms with van der Waals surface area (Å²) in [5, 5.41) is 11.4. The number of hydrogen-bond donors (Lipinski definition) is 3. The smallest absolute Gasteiger partial charge is 0.239 e. The number of methoxy groups -OCH3 is 1. The van der Waals surface area contributed by atoms with E-state index in [1.807, 2.05) is 0 Å². The maximum Gasteiger partial charge on any atom is 0.239 e. The number of nitrogens with two attached hydrogens (primary N) is 1. The van der Waals surface area contributed by atoms with Crippen molar-refractivity contribution in [3.63, 3.8) is 0 Å². The first kappa shape index (κ1) is 14.4. The number of rotatable bonds is 5. The van der Waals surface area contributed by atoms with Crippen molar-refractivity contribution >= 4 is 5.91 Å². The van der Waals surface area contributed by atoms with Crippen LogP contribution in [0.25, 0.3) is 0 Å². The van der Waals surface area contributed by atoms with Crippen molar-refractivity contribution in [1.82, 2.24) is 5.32 Å². The quantitative estimate of drug-likeness (QED) is 0.709. The van der Waals surface area contributed by atoms with Crippen LogP contribution < -0.4 is 15.8 Å². The number of aliphatic hydroxyl groups excluding tert-OH is 1. The van der Waals surface area contributed by atoms with E-state index >= 15 is 0 Å². The minimum atomic E-state index is -0.963. The molecule has 0 aliphatic rings. The predicted molar refractivity (Wildman–Crippen MR) is 64.6 cm³/mol. The highest BCUT2D eigenvalue weighted by Gasteiger charge is 2.16. The topological polar surface area (TPSA) is 84.6 Å². The van der Waals surface area contributed by atoms with Gasteiger partial charge in [-0.2, -0.15) is 0 Å². The molecule has 1 amide bonds. The highest BCUT2D eigenvalue weighted by Crippen LogP contribution is 2.22. The van der Waals surface area contributed by atoms with Crippen molar-refractivity contribution in [3.05, 3.63) is 29.6 Å². The first-order valence-electron chi connectivity index (χ1n) is 5.49. The fourth-order valence-corrected chi connectivity index (χ4v) is 1.43. The van der Waals surface area contributed by atoms with Gasteiger partial charge in [-0.3, -0.25) is 4.79 Å². The molecular formula is C12H17FN2O3. The molecular weight excluding hydrogens is 239 g/mol. The molecule has 100 valence electrons. The number of carbonyl (C=O) groups is 1. The van der Waals surface area contributed by atoms with Crippen molar-refractivity contribution in [2.75, 3.05) is 13.7 Å². The molecule has 0 spiro atoms. The van der Waals surface area contributed by atoms with E-state index in [2.05, 4.69) is 5.32 Å². The second kappa shape index (κ2) is 6.32. The molecule has 0 bridgehead atoms. The second-order valence-electron chi connectivity index (χ2n) is 3.91. The lowest BCUT2D eigenvalue weighted by Gasteiger charge is -2.17. The summed E-state index contributed by atoms with van der Waals surface area (Å²) in [4.78, 5) is 11.5. The zero-order chi connectivity index (χ0) is 13.7. The van der Waals surface area contributed by atoms with Crippen LogP contribution in [0.1, 0.15) is 18.5 Å². The van der Waals surface area contributed by atoms with E-state index in [4.69, 9.17) is 15.6 Å². The molecule has 0 aliphatic heterocycles. The Morgan fingerprint density at radius 3 is 2.83 bits per heavy atom. The number of amides is 1. The van der Waals surface area contributed by atoms with E-state index in [-0.39, 0.29) is 11.8 Å². The van der Waals surface area contributed by atoms with E-state index in [0.717, 1.165) is 0 Å². The molecule has 0 saturated heterocycles. The molecule has 4 N–H and O–H groups in total. The van der Waals surface area contributed by atoms with Crippen LogP contribution in [0.2, 0.25) is 0 Å². The summed E-state index contributed by atoms with van der Waals surface area (Å²) < 4.78 is 18.1. The van der Waals surface area contributed by atoms with Gasteiger partial charge in [-0.05, 0) is 24.6 Å². The van der Waals surface area contributed by atoms with E-state index in [1.54, 1.807) is 13.0 Å². The van der Waals surface area contributed by atoms with Crippen molar-refractivity contribution in [2.24, 2.45) is 5.73 Å². The lowest BCUT2D eigenvalue weighted by atomic mass is 10.1. The monoisotopic (exact) mass is 256 g/mol. The van der Waals surface area contributed by atoms with E-state index in [1.165, 1.54) is 19.2 Å².